The van der Waals surface area contributed by atoms with Crippen molar-refractivity contribution >= 4 is 11.6 Å². The topological polar surface area (TPSA) is 88.8 Å². The SMILES string of the molecule is CCc1nc(NN)c(C)c(NCc2ccc(C)nc2)n1. The van der Waals surface area contributed by atoms with E-state index < -0.39 is 0 Å². The van der Waals surface area contributed by atoms with Gasteiger partial charge in [0.15, 0.2) is 0 Å². The van der Waals surface area contributed by atoms with Gasteiger partial charge in [-0.2, -0.15) is 0 Å². The summed E-state index contributed by atoms with van der Waals surface area (Å²) in [6.45, 7) is 6.58. The van der Waals surface area contributed by atoms with Crippen LogP contribution in [0.2, 0.25) is 0 Å². The quantitative estimate of drug-likeness (QED) is 0.569. The Labute approximate surface area is 118 Å². The smallest absolute Gasteiger partial charge is 0.148 e. The number of hydrogen-bond acceptors (Lipinski definition) is 6. The molecule has 106 valence electrons. The molecule has 0 aliphatic carbocycles. The first-order valence-electron chi connectivity index (χ1n) is 6.63. The van der Waals surface area contributed by atoms with E-state index in [0.29, 0.717) is 12.4 Å². The van der Waals surface area contributed by atoms with Crippen LogP contribution in [0.15, 0.2) is 18.3 Å². The van der Waals surface area contributed by atoms with Gasteiger partial charge in [0.2, 0.25) is 0 Å². The van der Waals surface area contributed by atoms with Crippen LogP contribution in [0.3, 0.4) is 0 Å². The molecule has 6 nitrogen and oxygen atoms in total. The molecule has 0 saturated carbocycles. The van der Waals surface area contributed by atoms with Crippen LogP contribution < -0.4 is 16.6 Å². The zero-order valence-electron chi connectivity index (χ0n) is 12.1. The first kappa shape index (κ1) is 14.2. The van der Waals surface area contributed by atoms with E-state index in [2.05, 4.69) is 31.8 Å². The average Bonchev–Trinajstić information content (AvgIpc) is 2.48. The predicted molar refractivity (Wildman–Crippen MR) is 80.3 cm³/mol. The molecule has 0 bridgehead atoms. The van der Waals surface area contributed by atoms with E-state index >= 15 is 0 Å². The second-order valence-electron chi connectivity index (χ2n) is 4.62. The Balaban J connectivity index is 2.18. The zero-order valence-corrected chi connectivity index (χ0v) is 12.1. The van der Waals surface area contributed by atoms with Crippen molar-refractivity contribution in [3.8, 4) is 0 Å². The highest BCUT2D eigenvalue weighted by molar-refractivity contribution is 5.56. The minimum Gasteiger partial charge on any atom is -0.366 e. The summed E-state index contributed by atoms with van der Waals surface area (Å²) >= 11 is 0. The number of nitrogens with one attached hydrogen (secondary N) is 2. The summed E-state index contributed by atoms with van der Waals surface area (Å²) in [5.41, 5.74) is 5.63. The third kappa shape index (κ3) is 3.21. The molecule has 0 amide bonds. The lowest BCUT2D eigenvalue weighted by Gasteiger charge is -2.13. The lowest BCUT2D eigenvalue weighted by molar-refractivity contribution is 0.920. The van der Waals surface area contributed by atoms with E-state index in [-0.39, 0.29) is 0 Å². The van der Waals surface area contributed by atoms with E-state index in [1.54, 1.807) is 0 Å². The van der Waals surface area contributed by atoms with E-state index in [9.17, 15) is 0 Å². The Morgan fingerprint density at radius 3 is 2.50 bits per heavy atom. The van der Waals surface area contributed by atoms with E-state index in [1.165, 1.54) is 0 Å². The first-order valence-corrected chi connectivity index (χ1v) is 6.63. The van der Waals surface area contributed by atoms with Crippen molar-refractivity contribution in [3.63, 3.8) is 0 Å². The van der Waals surface area contributed by atoms with Gasteiger partial charge in [0.05, 0.1) is 0 Å². The molecule has 2 aromatic rings. The van der Waals surface area contributed by atoms with Gasteiger partial charge in [0.25, 0.3) is 0 Å². The third-order valence-corrected chi connectivity index (χ3v) is 3.08. The molecule has 6 heteroatoms. The Morgan fingerprint density at radius 1 is 1.15 bits per heavy atom. The van der Waals surface area contributed by atoms with Crippen molar-refractivity contribution < 1.29 is 0 Å². The summed E-state index contributed by atoms with van der Waals surface area (Å²) < 4.78 is 0. The Kier molecular flexibility index (Phi) is 4.47. The number of nitrogen functional groups attached to an aromatic ring is 1. The minimum atomic E-state index is 0.654. The molecule has 0 saturated heterocycles. The second-order valence-corrected chi connectivity index (χ2v) is 4.62. The summed E-state index contributed by atoms with van der Waals surface area (Å²) in [5, 5.41) is 3.31. The molecule has 4 N–H and O–H groups in total. The molecule has 0 radical (unpaired) electrons. The highest BCUT2D eigenvalue weighted by atomic mass is 15.3. The molecule has 20 heavy (non-hydrogen) atoms. The number of rotatable bonds is 5. The number of hydrogen-bond donors (Lipinski definition) is 3. The Hall–Kier alpha value is -2.21. The largest absolute Gasteiger partial charge is 0.366 e. The second kappa shape index (κ2) is 6.29. The number of hydrazine groups is 1. The maximum absolute atomic E-state index is 5.49. The summed E-state index contributed by atoms with van der Waals surface area (Å²) in [5.74, 6) is 7.70. The summed E-state index contributed by atoms with van der Waals surface area (Å²) in [6.07, 6.45) is 2.62. The van der Waals surface area contributed by atoms with Gasteiger partial charge < -0.3 is 10.7 Å². The van der Waals surface area contributed by atoms with Crippen molar-refractivity contribution in [3.05, 3.63) is 41.0 Å². The highest BCUT2D eigenvalue weighted by Crippen LogP contribution is 2.20. The Morgan fingerprint density at radius 2 is 1.90 bits per heavy atom. The maximum Gasteiger partial charge on any atom is 0.148 e. The number of nitrogens with two attached hydrogens (primary N) is 1. The minimum absolute atomic E-state index is 0.654. The van der Waals surface area contributed by atoms with Gasteiger partial charge in [-0.1, -0.05) is 13.0 Å². The predicted octanol–water partition coefficient (Wildman–Crippen LogP) is 1.95. The van der Waals surface area contributed by atoms with Crippen molar-refractivity contribution in [2.24, 2.45) is 5.84 Å². The monoisotopic (exact) mass is 272 g/mol. The van der Waals surface area contributed by atoms with Crippen LogP contribution in [0, 0.1) is 13.8 Å². The van der Waals surface area contributed by atoms with E-state index in [4.69, 9.17) is 5.84 Å². The summed E-state index contributed by atoms with van der Waals surface area (Å²) in [6, 6.07) is 4.04. The fourth-order valence-corrected chi connectivity index (χ4v) is 1.82. The molecule has 0 unspecified atom stereocenters. The number of pyridine rings is 1. The van der Waals surface area contributed by atoms with Crippen molar-refractivity contribution in [2.45, 2.75) is 33.7 Å². The molecule has 0 aromatic carbocycles. The van der Waals surface area contributed by atoms with Crippen LogP contribution in [0.4, 0.5) is 11.6 Å². The summed E-state index contributed by atoms with van der Waals surface area (Å²) in [7, 11) is 0. The van der Waals surface area contributed by atoms with Gasteiger partial charge in [-0.05, 0) is 25.5 Å². The normalized spacial score (nSPS) is 10.4. The zero-order chi connectivity index (χ0) is 14.5. The van der Waals surface area contributed by atoms with E-state index in [1.807, 2.05) is 33.0 Å². The first-order chi connectivity index (χ1) is 9.63. The van der Waals surface area contributed by atoms with Crippen LogP contribution in [-0.4, -0.2) is 15.0 Å². The highest BCUT2D eigenvalue weighted by Gasteiger charge is 2.09. The van der Waals surface area contributed by atoms with Crippen LogP contribution in [-0.2, 0) is 13.0 Å². The molecule has 0 fully saturated rings. The number of aromatic nitrogens is 3. The van der Waals surface area contributed by atoms with Gasteiger partial charge in [-0.15, -0.1) is 0 Å². The van der Waals surface area contributed by atoms with Gasteiger partial charge in [0, 0.05) is 30.4 Å². The van der Waals surface area contributed by atoms with Gasteiger partial charge in [0.1, 0.15) is 17.5 Å². The van der Waals surface area contributed by atoms with Crippen LogP contribution in [0.25, 0.3) is 0 Å². The molecular weight excluding hydrogens is 252 g/mol. The maximum atomic E-state index is 5.49. The van der Waals surface area contributed by atoms with Gasteiger partial charge in [-0.3, -0.25) is 4.98 Å². The van der Waals surface area contributed by atoms with Gasteiger partial charge in [-0.25, -0.2) is 15.8 Å². The Bertz CT molecular complexity index is 579. The van der Waals surface area contributed by atoms with Crippen molar-refractivity contribution in [2.75, 3.05) is 10.7 Å². The third-order valence-electron chi connectivity index (χ3n) is 3.08. The molecule has 0 aliphatic heterocycles. The fraction of sp³-hybridized carbons (Fsp3) is 0.357. The number of aryl methyl sites for hydroxylation is 2. The standard InChI is InChI=1S/C14H20N6/c1-4-12-18-13(10(3)14(19-12)20-15)17-8-11-6-5-9(2)16-7-11/h5-7H,4,8,15H2,1-3H3,(H2,17,18,19,20). The van der Waals surface area contributed by atoms with Crippen LogP contribution in [0.5, 0.6) is 0 Å². The van der Waals surface area contributed by atoms with Crippen LogP contribution >= 0.6 is 0 Å². The molecule has 0 aliphatic rings. The molecule has 0 spiro atoms. The molecule has 0 atom stereocenters. The lowest BCUT2D eigenvalue weighted by atomic mass is 10.2. The average molecular weight is 272 g/mol. The lowest BCUT2D eigenvalue weighted by Crippen LogP contribution is -2.14. The molecular formula is C14H20N6. The molecule has 2 aromatic heterocycles. The number of anilines is 2. The van der Waals surface area contributed by atoms with Crippen molar-refractivity contribution in [1.29, 1.82) is 0 Å². The van der Waals surface area contributed by atoms with Crippen LogP contribution in [0.1, 0.15) is 29.6 Å². The molecule has 2 heterocycles. The van der Waals surface area contributed by atoms with Gasteiger partial charge >= 0.3 is 0 Å². The number of nitrogens with zero attached hydrogens (tertiary/aromatic N) is 3. The fourth-order valence-electron chi connectivity index (χ4n) is 1.82. The van der Waals surface area contributed by atoms with Crippen molar-refractivity contribution in [1.82, 2.24) is 15.0 Å². The molecule has 2 rings (SSSR count). The van der Waals surface area contributed by atoms with E-state index in [0.717, 1.165) is 34.9 Å². The summed E-state index contributed by atoms with van der Waals surface area (Å²) in [4.78, 5) is 13.1.